The number of amides is 5. The van der Waals surface area contributed by atoms with Crippen molar-refractivity contribution in [2.45, 2.75) is 12.5 Å². The molecule has 13 nitrogen and oxygen atoms in total. The van der Waals surface area contributed by atoms with Crippen molar-refractivity contribution < 1.29 is 29.0 Å². The molecule has 1 atom stereocenters. The molecule has 2 aromatic carbocycles. The van der Waals surface area contributed by atoms with E-state index in [1.54, 1.807) is 65.7 Å². The number of urea groups is 2. The Labute approximate surface area is 265 Å². The van der Waals surface area contributed by atoms with Crippen molar-refractivity contribution in [3.63, 3.8) is 0 Å². The van der Waals surface area contributed by atoms with Crippen molar-refractivity contribution in [3.8, 4) is 0 Å². The third kappa shape index (κ3) is 8.40. The molecule has 2 fully saturated rings. The minimum atomic E-state index is -1.08. The first kappa shape index (κ1) is 31.5. The number of carbonyl (C=O) groups is 4. The second kappa shape index (κ2) is 14.7. The lowest BCUT2D eigenvalue weighted by molar-refractivity contribution is -0.137. The highest BCUT2D eigenvalue weighted by Gasteiger charge is 2.28. The summed E-state index contributed by atoms with van der Waals surface area (Å²) < 4.78 is 5.36. The van der Waals surface area contributed by atoms with Gasteiger partial charge < -0.3 is 40.5 Å². The van der Waals surface area contributed by atoms with Crippen molar-refractivity contribution in [2.24, 2.45) is 0 Å². The number of ether oxygens (including phenoxy) is 1. The van der Waals surface area contributed by atoms with Gasteiger partial charge in [-0.25, -0.2) is 9.59 Å². The molecule has 0 radical (unpaired) electrons. The number of nitrogens with one attached hydrogen (secondary N) is 3. The number of carbonyl (C=O) groups excluding carboxylic acids is 3. The van der Waals surface area contributed by atoms with Crippen molar-refractivity contribution in [1.82, 2.24) is 20.1 Å². The average molecular weight is 636 g/mol. The van der Waals surface area contributed by atoms with Gasteiger partial charge >= 0.3 is 18.0 Å². The molecule has 1 unspecified atom stereocenters. The molecule has 5 amide bonds. The first-order valence-electron chi connectivity index (χ1n) is 14.5. The number of piperazine rings is 1. The molecule has 5 rings (SSSR count). The van der Waals surface area contributed by atoms with Gasteiger partial charge in [-0.05, 0) is 48.0 Å². The summed E-state index contributed by atoms with van der Waals surface area (Å²) in [5, 5.41) is 18.3. The minimum absolute atomic E-state index is 0.0197. The topological polar surface area (TPSA) is 156 Å². The number of aliphatic carboxylic acids is 1. The normalized spacial score (nSPS) is 15.6. The number of benzene rings is 2. The van der Waals surface area contributed by atoms with E-state index in [0.717, 1.165) is 0 Å². The van der Waals surface area contributed by atoms with E-state index in [1.807, 2.05) is 9.80 Å². The summed E-state index contributed by atoms with van der Waals surface area (Å²) in [5.74, 6) is -1.60. The Balaban J connectivity index is 1.35. The summed E-state index contributed by atoms with van der Waals surface area (Å²) >= 11 is 6.07. The minimum Gasteiger partial charge on any atom is -0.481 e. The lowest BCUT2D eigenvalue weighted by atomic mass is 10.0. The van der Waals surface area contributed by atoms with Crippen LogP contribution in [0.25, 0.3) is 0 Å². The number of anilines is 3. The zero-order valence-electron chi connectivity index (χ0n) is 24.4. The fraction of sp³-hybridized carbons (Fsp3) is 0.323. The number of hydrogen-bond donors (Lipinski definition) is 4. The van der Waals surface area contributed by atoms with Crippen LogP contribution in [0.1, 0.15) is 28.4 Å². The fourth-order valence-electron chi connectivity index (χ4n) is 5.25. The van der Waals surface area contributed by atoms with Crippen molar-refractivity contribution >= 4 is 52.6 Å². The molecule has 2 aliphatic heterocycles. The molecule has 3 heterocycles. The van der Waals surface area contributed by atoms with E-state index in [2.05, 4.69) is 20.9 Å². The Bertz CT molecular complexity index is 1530. The van der Waals surface area contributed by atoms with Gasteiger partial charge in [0.2, 0.25) is 0 Å². The van der Waals surface area contributed by atoms with Crippen LogP contribution in [-0.4, -0.2) is 96.3 Å². The quantitative estimate of drug-likeness (QED) is 0.290. The summed E-state index contributed by atoms with van der Waals surface area (Å²) in [4.78, 5) is 60.7. The molecule has 0 bridgehead atoms. The van der Waals surface area contributed by atoms with Crippen LogP contribution >= 0.6 is 11.6 Å². The van der Waals surface area contributed by atoms with E-state index in [9.17, 15) is 24.3 Å². The van der Waals surface area contributed by atoms with E-state index < -0.39 is 23.9 Å². The maximum atomic E-state index is 13.4. The van der Waals surface area contributed by atoms with Crippen LogP contribution in [0.5, 0.6) is 0 Å². The molecule has 4 N–H and O–H groups in total. The predicted octanol–water partition coefficient (Wildman–Crippen LogP) is 3.90. The zero-order valence-corrected chi connectivity index (χ0v) is 25.2. The van der Waals surface area contributed by atoms with E-state index in [4.69, 9.17) is 16.3 Å². The number of aromatic nitrogens is 1. The third-order valence-corrected chi connectivity index (χ3v) is 7.77. The van der Waals surface area contributed by atoms with E-state index in [1.165, 1.54) is 6.20 Å². The molecule has 3 aromatic rings. The highest BCUT2D eigenvalue weighted by atomic mass is 35.5. The maximum absolute atomic E-state index is 13.4. The Hall–Kier alpha value is -4.88. The highest BCUT2D eigenvalue weighted by Crippen LogP contribution is 2.30. The number of nitrogens with zero attached hydrogens (tertiary/aromatic N) is 4. The van der Waals surface area contributed by atoms with Gasteiger partial charge in [0, 0.05) is 67.9 Å². The van der Waals surface area contributed by atoms with E-state index in [0.29, 0.717) is 80.1 Å². The standard InChI is InChI=1S/C31H34ClN7O6/c32-23-4-1-5-24(18-23)34-30(43)36-26-17-21(29(42)35-25(19-28(40)41)22-3-2-8-33-20-22)6-7-27(26)37-9-11-38(12-10-37)31(44)39-13-15-45-16-14-39/h1-8,17-18,20,25H,9-16,19H2,(H,35,42)(H,40,41)(H2,34,36,43). The van der Waals surface area contributed by atoms with Crippen LogP contribution in [0.15, 0.2) is 67.0 Å². The number of carboxylic acid groups (broad SMARTS) is 1. The molecule has 14 heteroatoms. The fourth-order valence-corrected chi connectivity index (χ4v) is 5.44. The highest BCUT2D eigenvalue weighted by molar-refractivity contribution is 6.30. The molecule has 236 valence electrons. The van der Waals surface area contributed by atoms with Gasteiger partial charge in [0.25, 0.3) is 5.91 Å². The van der Waals surface area contributed by atoms with E-state index >= 15 is 0 Å². The predicted molar refractivity (Wildman–Crippen MR) is 169 cm³/mol. The molecule has 0 aliphatic carbocycles. The molecule has 2 aliphatic rings. The SMILES string of the molecule is O=C(O)CC(NC(=O)c1ccc(N2CCN(C(=O)N3CCOCC3)CC2)c(NC(=O)Nc2cccc(Cl)c2)c1)c1cccnc1. The lowest BCUT2D eigenvalue weighted by Gasteiger charge is -2.39. The molecule has 0 saturated carbocycles. The lowest BCUT2D eigenvalue weighted by Crippen LogP contribution is -2.55. The van der Waals surface area contributed by atoms with Crippen LogP contribution in [0.4, 0.5) is 26.7 Å². The smallest absolute Gasteiger partial charge is 0.323 e. The van der Waals surface area contributed by atoms with E-state index in [-0.39, 0.29) is 18.0 Å². The molecule has 45 heavy (non-hydrogen) atoms. The summed E-state index contributed by atoms with van der Waals surface area (Å²) in [6.07, 6.45) is 2.73. The van der Waals surface area contributed by atoms with Crippen molar-refractivity contribution in [2.75, 3.05) is 68.0 Å². The van der Waals surface area contributed by atoms with Gasteiger partial charge in [-0.3, -0.25) is 14.6 Å². The van der Waals surface area contributed by atoms with Crippen molar-refractivity contribution in [1.29, 1.82) is 0 Å². The summed E-state index contributed by atoms with van der Waals surface area (Å²) in [6, 6.07) is 13.6. The second-order valence-electron chi connectivity index (χ2n) is 10.6. The van der Waals surface area contributed by atoms with Gasteiger partial charge in [-0.2, -0.15) is 0 Å². The summed E-state index contributed by atoms with van der Waals surface area (Å²) in [6.45, 7) is 4.15. The van der Waals surface area contributed by atoms with Gasteiger partial charge in [0.1, 0.15) is 0 Å². The average Bonchev–Trinajstić information content (AvgIpc) is 3.05. The maximum Gasteiger partial charge on any atom is 0.323 e. The molecule has 2 saturated heterocycles. The van der Waals surface area contributed by atoms with Gasteiger partial charge in [0.15, 0.2) is 0 Å². The Kier molecular flexibility index (Phi) is 10.3. The molecular formula is C31H34ClN7O6. The number of halogens is 1. The largest absolute Gasteiger partial charge is 0.481 e. The molecule has 0 spiro atoms. The van der Waals surface area contributed by atoms with Crippen LogP contribution in [0, 0.1) is 0 Å². The van der Waals surface area contributed by atoms with Crippen LogP contribution in [0.3, 0.4) is 0 Å². The van der Waals surface area contributed by atoms with Gasteiger partial charge in [-0.1, -0.05) is 23.7 Å². The monoisotopic (exact) mass is 635 g/mol. The number of rotatable bonds is 8. The Morgan fingerprint density at radius 3 is 2.36 bits per heavy atom. The number of pyridine rings is 1. The van der Waals surface area contributed by atoms with Gasteiger partial charge in [-0.15, -0.1) is 0 Å². The molecule has 1 aromatic heterocycles. The van der Waals surface area contributed by atoms with Gasteiger partial charge in [0.05, 0.1) is 37.1 Å². The number of hydrogen-bond acceptors (Lipinski definition) is 7. The first-order valence-corrected chi connectivity index (χ1v) is 14.9. The number of morpholine rings is 1. The molecular weight excluding hydrogens is 602 g/mol. The Morgan fingerprint density at radius 2 is 1.67 bits per heavy atom. The summed E-state index contributed by atoms with van der Waals surface area (Å²) in [5.41, 5.74) is 2.29. The Morgan fingerprint density at radius 1 is 0.911 bits per heavy atom. The van der Waals surface area contributed by atoms with Crippen LogP contribution < -0.4 is 20.9 Å². The zero-order chi connectivity index (χ0) is 31.8. The van der Waals surface area contributed by atoms with Crippen molar-refractivity contribution in [3.05, 3.63) is 83.1 Å². The summed E-state index contributed by atoms with van der Waals surface area (Å²) in [7, 11) is 0. The number of carboxylic acids is 1. The van der Waals surface area contributed by atoms with Crippen LogP contribution in [0.2, 0.25) is 5.02 Å². The third-order valence-electron chi connectivity index (χ3n) is 7.53. The van der Waals surface area contributed by atoms with Crippen LogP contribution in [-0.2, 0) is 9.53 Å². The first-order chi connectivity index (χ1) is 21.8. The second-order valence-corrected chi connectivity index (χ2v) is 11.0.